The number of benzene rings is 3. The highest BCUT2D eigenvalue weighted by atomic mass is 35.5. The molecule has 0 aromatic heterocycles. The van der Waals surface area contributed by atoms with Crippen molar-refractivity contribution in [1.29, 1.82) is 0 Å². The third-order valence-electron chi connectivity index (χ3n) is 11.4. The molecule has 3 aromatic rings. The maximum absolute atomic E-state index is 14.0. The van der Waals surface area contributed by atoms with Gasteiger partial charge in [-0.15, -0.1) is 0 Å². The van der Waals surface area contributed by atoms with E-state index in [9.17, 15) is 19.5 Å². The summed E-state index contributed by atoms with van der Waals surface area (Å²) >= 11 is 12.9. The van der Waals surface area contributed by atoms with Crippen molar-refractivity contribution in [2.24, 2.45) is 0 Å². The molecular weight excluding hydrogens is 719 g/mol. The first-order valence-corrected chi connectivity index (χ1v) is 18.9. The molecule has 2 N–H and O–H groups in total. The summed E-state index contributed by atoms with van der Waals surface area (Å²) in [6.07, 6.45) is 4.87. The topological polar surface area (TPSA) is 121 Å². The van der Waals surface area contributed by atoms with Crippen molar-refractivity contribution < 1.29 is 33.7 Å². The number of amides is 3. The van der Waals surface area contributed by atoms with Crippen LogP contribution in [-0.4, -0.2) is 104 Å². The minimum atomic E-state index is -0.963. The molecule has 6 rings (SSSR count). The van der Waals surface area contributed by atoms with Crippen LogP contribution in [0.3, 0.4) is 0 Å². The molecule has 0 bridgehead atoms. The molecule has 13 heteroatoms. The summed E-state index contributed by atoms with van der Waals surface area (Å²) < 4.78 is 16.5. The SMILES string of the molecule is COc1cc(C(=O)N2CCC(CCN3CCC(NC(=O)N4CCCCC4C(=O)O)(c4ccccc4)CC3)(c3ccc(Cl)c(Cl)c3)C2)cc(OC)c1OC. The van der Waals surface area contributed by atoms with Gasteiger partial charge in [-0.2, -0.15) is 0 Å². The second-order valence-corrected chi connectivity index (χ2v) is 15.1. The van der Waals surface area contributed by atoms with Gasteiger partial charge < -0.3 is 39.3 Å². The Kier molecular flexibility index (Phi) is 12.0. The van der Waals surface area contributed by atoms with Crippen LogP contribution >= 0.6 is 23.2 Å². The van der Waals surface area contributed by atoms with Crippen LogP contribution < -0.4 is 19.5 Å². The zero-order valence-corrected chi connectivity index (χ0v) is 32.0. The first kappa shape index (κ1) is 38.5. The lowest BCUT2D eigenvalue weighted by Crippen LogP contribution is -2.59. The van der Waals surface area contributed by atoms with E-state index >= 15 is 0 Å². The first-order valence-electron chi connectivity index (χ1n) is 18.2. The Morgan fingerprint density at radius 3 is 2.15 bits per heavy atom. The Bertz CT molecular complexity index is 1780. The average Bonchev–Trinajstić information content (AvgIpc) is 3.63. The van der Waals surface area contributed by atoms with Crippen molar-refractivity contribution in [3.8, 4) is 17.2 Å². The fourth-order valence-electron chi connectivity index (χ4n) is 8.32. The molecule has 3 aliphatic rings. The molecule has 2 atom stereocenters. The number of carbonyl (C=O) groups is 3. The Hall–Kier alpha value is -4.19. The number of carboxylic acids is 1. The number of nitrogens with zero attached hydrogens (tertiary/aromatic N) is 3. The lowest BCUT2D eigenvalue weighted by molar-refractivity contribution is -0.143. The maximum atomic E-state index is 14.0. The molecule has 11 nitrogen and oxygen atoms in total. The number of hydrogen-bond donors (Lipinski definition) is 2. The number of nitrogens with one attached hydrogen (secondary N) is 1. The van der Waals surface area contributed by atoms with E-state index in [4.69, 9.17) is 37.4 Å². The molecule has 3 fully saturated rings. The number of rotatable bonds is 11. The van der Waals surface area contributed by atoms with Gasteiger partial charge in [0.25, 0.3) is 5.91 Å². The molecule has 3 amide bonds. The van der Waals surface area contributed by atoms with Crippen LogP contribution in [0.25, 0.3) is 0 Å². The number of piperidine rings is 2. The van der Waals surface area contributed by atoms with Gasteiger partial charge in [-0.25, -0.2) is 9.59 Å². The van der Waals surface area contributed by atoms with E-state index in [2.05, 4.69) is 10.2 Å². The Morgan fingerprint density at radius 1 is 0.830 bits per heavy atom. The van der Waals surface area contributed by atoms with Gasteiger partial charge >= 0.3 is 12.0 Å². The molecule has 0 aliphatic carbocycles. The van der Waals surface area contributed by atoms with Gasteiger partial charge in [0.15, 0.2) is 11.5 Å². The molecule has 0 radical (unpaired) electrons. The molecule has 3 heterocycles. The van der Waals surface area contributed by atoms with E-state index in [0.29, 0.717) is 71.8 Å². The predicted molar refractivity (Wildman–Crippen MR) is 204 cm³/mol. The fourth-order valence-corrected chi connectivity index (χ4v) is 8.62. The lowest BCUT2D eigenvalue weighted by atomic mass is 9.76. The molecule has 3 saturated heterocycles. The summed E-state index contributed by atoms with van der Waals surface area (Å²) in [5.41, 5.74) is 1.48. The summed E-state index contributed by atoms with van der Waals surface area (Å²) in [7, 11) is 4.58. The summed E-state index contributed by atoms with van der Waals surface area (Å²) in [4.78, 5) is 45.6. The van der Waals surface area contributed by atoms with Gasteiger partial charge in [0.05, 0.1) is 36.9 Å². The third-order valence-corrected chi connectivity index (χ3v) is 12.2. The minimum Gasteiger partial charge on any atom is -0.493 e. The zero-order valence-electron chi connectivity index (χ0n) is 30.5. The molecular formula is C40H48Cl2N4O7. The highest BCUT2D eigenvalue weighted by molar-refractivity contribution is 6.42. The van der Waals surface area contributed by atoms with Crippen LogP contribution in [0.2, 0.25) is 10.0 Å². The van der Waals surface area contributed by atoms with Crippen LogP contribution in [0.4, 0.5) is 4.79 Å². The summed E-state index contributed by atoms with van der Waals surface area (Å²) in [5.74, 6) is 0.152. The first-order chi connectivity index (χ1) is 25.5. The quantitative estimate of drug-likeness (QED) is 0.218. The van der Waals surface area contributed by atoms with Crippen LogP contribution in [0.1, 0.15) is 66.4 Å². The smallest absolute Gasteiger partial charge is 0.326 e. The van der Waals surface area contributed by atoms with Crippen LogP contribution in [0.15, 0.2) is 60.7 Å². The number of likely N-dealkylation sites (tertiary alicyclic amines) is 3. The second kappa shape index (κ2) is 16.4. The van der Waals surface area contributed by atoms with Crippen molar-refractivity contribution in [3.63, 3.8) is 0 Å². The van der Waals surface area contributed by atoms with E-state index in [1.54, 1.807) is 12.1 Å². The number of hydrogen-bond acceptors (Lipinski definition) is 7. The molecule has 0 spiro atoms. The van der Waals surface area contributed by atoms with Crippen molar-refractivity contribution >= 4 is 41.1 Å². The largest absolute Gasteiger partial charge is 0.493 e. The van der Waals surface area contributed by atoms with Crippen LogP contribution in [0, 0.1) is 0 Å². The van der Waals surface area contributed by atoms with Crippen molar-refractivity contribution in [2.75, 3.05) is 60.6 Å². The van der Waals surface area contributed by atoms with E-state index in [0.717, 1.165) is 56.4 Å². The molecule has 2 unspecified atom stereocenters. The van der Waals surface area contributed by atoms with E-state index < -0.39 is 17.6 Å². The normalized spacial score (nSPS) is 21.6. The highest BCUT2D eigenvalue weighted by Crippen LogP contribution is 2.43. The highest BCUT2D eigenvalue weighted by Gasteiger charge is 2.44. The van der Waals surface area contributed by atoms with E-state index in [1.807, 2.05) is 53.4 Å². The number of urea groups is 1. The standard InChI is InChI=1S/C40H48Cl2N4O7/c1-51-33-23-27(24-34(52-2)35(33)53-3)36(47)45-22-15-39(26-45,29-12-13-30(41)31(42)25-29)14-19-44-20-16-40(17-21-44,28-9-5-4-6-10-28)43-38(50)46-18-8-7-11-32(46)37(48)49/h4-6,9-10,12-13,23-25,32H,7-8,11,14-22,26H2,1-3H3,(H,43,50)(H,48,49). The lowest BCUT2D eigenvalue weighted by Gasteiger charge is -2.45. The predicted octanol–water partition coefficient (Wildman–Crippen LogP) is 6.83. The number of aliphatic carboxylic acids is 1. The summed E-state index contributed by atoms with van der Waals surface area (Å²) in [6, 6.07) is 18.0. The minimum absolute atomic E-state index is 0.133. The van der Waals surface area contributed by atoms with Gasteiger partial charge in [-0.1, -0.05) is 59.6 Å². The number of carboxylic acid groups (broad SMARTS) is 1. The molecule has 3 aliphatic heterocycles. The van der Waals surface area contributed by atoms with Gasteiger partial charge in [-0.05, 0) is 86.9 Å². The number of halogens is 2. The number of methoxy groups -OCH3 is 3. The second-order valence-electron chi connectivity index (χ2n) is 14.3. The van der Waals surface area contributed by atoms with Gasteiger partial charge in [0.1, 0.15) is 6.04 Å². The van der Waals surface area contributed by atoms with E-state index in [-0.39, 0.29) is 17.4 Å². The molecule has 284 valence electrons. The van der Waals surface area contributed by atoms with Crippen LogP contribution in [0.5, 0.6) is 17.2 Å². The van der Waals surface area contributed by atoms with Gasteiger partial charge in [0, 0.05) is 43.7 Å². The van der Waals surface area contributed by atoms with Crippen LogP contribution in [-0.2, 0) is 15.7 Å². The monoisotopic (exact) mass is 766 g/mol. The Balaban J connectivity index is 1.20. The van der Waals surface area contributed by atoms with Crippen molar-refractivity contribution in [3.05, 3.63) is 87.4 Å². The number of carbonyl (C=O) groups excluding carboxylic acids is 2. The molecule has 0 saturated carbocycles. The Labute approximate surface area is 321 Å². The van der Waals surface area contributed by atoms with Crippen molar-refractivity contribution in [2.45, 2.75) is 61.9 Å². The summed E-state index contributed by atoms with van der Waals surface area (Å²) in [5, 5.41) is 14.1. The van der Waals surface area contributed by atoms with Gasteiger partial charge in [-0.3, -0.25) is 4.79 Å². The zero-order chi connectivity index (χ0) is 37.8. The maximum Gasteiger partial charge on any atom is 0.326 e. The van der Waals surface area contributed by atoms with E-state index in [1.165, 1.54) is 26.2 Å². The molecule has 53 heavy (non-hydrogen) atoms. The van der Waals surface area contributed by atoms with Crippen molar-refractivity contribution in [1.82, 2.24) is 20.0 Å². The average molecular weight is 768 g/mol. The fraction of sp³-hybridized carbons (Fsp3) is 0.475. The number of ether oxygens (including phenoxy) is 3. The summed E-state index contributed by atoms with van der Waals surface area (Å²) in [6.45, 7) is 3.67. The Morgan fingerprint density at radius 2 is 1.53 bits per heavy atom. The van der Waals surface area contributed by atoms with Gasteiger partial charge in [0.2, 0.25) is 5.75 Å². The molecule has 3 aromatic carbocycles. The third kappa shape index (κ3) is 8.03.